The normalized spacial score (nSPS) is 21.8. The number of nitrogens with one attached hydrogen (secondary N) is 2. The molecule has 1 aliphatic heterocycles. The van der Waals surface area contributed by atoms with Crippen molar-refractivity contribution in [2.75, 3.05) is 30.1 Å². The van der Waals surface area contributed by atoms with Crippen molar-refractivity contribution in [3.63, 3.8) is 0 Å². The lowest BCUT2D eigenvalue weighted by molar-refractivity contribution is -0.142. The van der Waals surface area contributed by atoms with Gasteiger partial charge in [0, 0.05) is 18.1 Å². The van der Waals surface area contributed by atoms with Crippen molar-refractivity contribution in [3.8, 4) is 0 Å². The summed E-state index contributed by atoms with van der Waals surface area (Å²) in [4.78, 5) is 22.8. The van der Waals surface area contributed by atoms with Gasteiger partial charge in [-0.15, -0.1) is 0 Å². The predicted octanol–water partition coefficient (Wildman–Crippen LogP) is 0.0139. The third kappa shape index (κ3) is 5.18. The van der Waals surface area contributed by atoms with E-state index in [0.717, 1.165) is 18.1 Å². The van der Waals surface area contributed by atoms with Gasteiger partial charge < -0.3 is 15.7 Å². The molecule has 0 aromatic rings. The second-order valence-electron chi connectivity index (χ2n) is 3.76. The molecule has 0 aromatic heterocycles. The fourth-order valence-corrected chi connectivity index (χ4v) is 2.90. The monoisotopic (exact) mass is 278 g/mol. The van der Waals surface area contributed by atoms with Gasteiger partial charge in [-0.1, -0.05) is 0 Å². The van der Waals surface area contributed by atoms with E-state index in [0.29, 0.717) is 12.2 Å². The topological polar surface area (TPSA) is 78.4 Å². The van der Waals surface area contributed by atoms with Crippen LogP contribution < -0.4 is 10.6 Å². The molecule has 0 aliphatic carbocycles. The summed E-state index contributed by atoms with van der Waals surface area (Å²) in [5.41, 5.74) is 0. The van der Waals surface area contributed by atoms with Crippen molar-refractivity contribution in [2.45, 2.75) is 18.5 Å². The number of carboxylic acid groups (broad SMARTS) is 1. The van der Waals surface area contributed by atoms with Gasteiger partial charge in [0.2, 0.25) is 5.91 Å². The van der Waals surface area contributed by atoms with Crippen molar-refractivity contribution in [1.29, 1.82) is 0 Å². The van der Waals surface area contributed by atoms with Gasteiger partial charge in [-0.3, -0.25) is 4.79 Å². The molecule has 7 heteroatoms. The molecule has 0 radical (unpaired) electrons. The van der Waals surface area contributed by atoms with E-state index < -0.39 is 12.0 Å². The van der Waals surface area contributed by atoms with Gasteiger partial charge in [0.1, 0.15) is 6.04 Å². The fraction of sp³-hybridized carbons (Fsp3) is 0.800. The van der Waals surface area contributed by atoms with E-state index in [4.69, 9.17) is 5.11 Å². The largest absolute Gasteiger partial charge is 0.480 e. The number of carbonyl (C=O) groups is 2. The van der Waals surface area contributed by atoms with Gasteiger partial charge in [-0.05, 0) is 18.4 Å². The highest BCUT2D eigenvalue weighted by Crippen LogP contribution is 2.08. The summed E-state index contributed by atoms with van der Waals surface area (Å²) in [6.07, 6.45) is 2.38. The third-order valence-electron chi connectivity index (χ3n) is 2.46. The van der Waals surface area contributed by atoms with Crippen LogP contribution in [0.25, 0.3) is 0 Å². The summed E-state index contributed by atoms with van der Waals surface area (Å²) in [6, 6.07) is -1.03. The van der Waals surface area contributed by atoms with Crippen LogP contribution in [0.1, 0.15) is 6.42 Å². The number of hydrogen-bond acceptors (Lipinski definition) is 5. The Morgan fingerprint density at radius 1 is 1.65 bits per heavy atom. The Morgan fingerprint density at radius 2 is 2.41 bits per heavy atom. The van der Waals surface area contributed by atoms with E-state index in [-0.39, 0.29) is 11.9 Å². The zero-order valence-electron chi connectivity index (χ0n) is 9.77. The van der Waals surface area contributed by atoms with Crippen molar-refractivity contribution in [3.05, 3.63) is 0 Å². The van der Waals surface area contributed by atoms with Crippen LogP contribution in [-0.2, 0) is 9.59 Å². The third-order valence-corrected chi connectivity index (χ3v) is 4.17. The van der Waals surface area contributed by atoms with Crippen molar-refractivity contribution in [1.82, 2.24) is 10.6 Å². The summed E-state index contributed by atoms with van der Waals surface area (Å²) in [7, 11) is 0. The van der Waals surface area contributed by atoms with Crippen LogP contribution in [0.5, 0.6) is 0 Å². The number of amides is 1. The van der Waals surface area contributed by atoms with E-state index in [1.807, 2.05) is 6.26 Å². The Bertz CT molecular complexity index is 270. The Kier molecular flexibility index (Phi) is 6.76. The van der Waals surface area contributed by atoms with Crippen LogP contribution in [0.3, 0.4) is 0 Å². The minimum atomic E-state index is -0.962. The number of thioether (sulfide) groups is 2. The molecule has 1 heterocycles. The van der Waals surface area contributed by atoms with Crippen LogP contribution in [-0.4, -0.2) is 59.1 Å². The quantitative estimate of drug-likeness (QED) is 0.635. The molecule has 1 rings (SSSR count). The SMILES string of the molecule is CSCC[C@H](NC(=O)C1CSCCN1)C(=O)O. The minimum absolute atomic E-state index is 0.203. The summed E-state index contributed by atoms with van der Waals surface area (Å²) < 4.78 is 0. The first-order chi connectivity index (χ1) is 8.15. The first-order valence-electron chi connectivity index (χ1n) is 5.48. The van der Waals surface area contributed by atoms with E-state index in [2.05, 4.69) is 10.6 Å². The summed E-state index contributed by atoms with van der Waals surface area (Å²) in [5.74, 6) is 1.27. The molecule has 0 saturated carbocycles. The Labute approximate surface area is 109 Å². The zero-order valence-corrected chi connectivity index (χ0v) is 11.4. The zero-order chi connectivity index (χ0) is 12.7. The molecule has 1 amide bonds. The molecule has 1 fully saturated rings. The van der Waals surface area contributed by atoms with Gasteiger partial charge in [0.05, 0.1) is 6.04 Å². The van der Waals surface area contributed by atoms with Gasteiger partial charge in [-0.2, -0.15) is 23.5 Å². The molecule has 98 valence electrons. The maximum absolute atomic E-state index is 11.8. The highest BCUT2D eigenvalue weighted by atomic mass is 32.2. The minimum Gasteiger partial charge on any atom is -0.480 e. The van der Waals surface area contributed by atoms with Crippen LogP contribution >= 0.6 is 23.5 Å². The van der Waals surface area contributed by atoms with Gasteiger partial charge >= 0.3 is 5.97 Å². The van der Waals surface area contributed by atoms with E-state index in [9.17, 15) is 9.59 Å². The average molecular weight is 278 g/mol. The molecule has 0 spiro atoms. The highest BCUT2D eigenvalue weighted by Gasteiger charge is 2.25. The first-order valence-corrected chi connectivity index (χ1v) is 8.03. The van der Waals surface area contributed by atoms with Crippen molar-refractivity contribution >= 4 is 35.4 Å². The molecule has 3 N–H and O–H groups in total. The lowest BCUT2D eigenvalue weighted by atomic mass is 10.2. The molecule has 2 atom stereocenters. The molecule has 0 bridgehead atoms. The van der Waals surface area contributed by atoms with Crippen molar-refractivity contribution < 1.29 is 14.7 Å². The number of rotatable bonds is 6. The lowest BCUT2D eigenvalue weighted by Crippen LogP contribution is -2.53. The van der Waals surface area contributed by atoms with E-state index >= 15 is 0 Å². The molecule has 5 nitrogen and oxygen atoms in total. The molecule has 1 unspecified atom stereocenters. The molecule has 0 aromatic carbocycles. The number of carboxylic acids is 1. The standard InChI is InChI=1S/C10H18N2O3S2/c1-16-4-2-7(10(14)15)12-9(13)8-6-17-5-3-11-8/h7-8,11H,2-6H2,1H3,(H,12,13)(H,14,15)/t7-,8?/m0/s1. The van der Waals surface area contributed by atoms with Crippen LogP contribution in [0, 0.1) is 0 Å². The Balaban J connectivity index is 2.42. The van der Waals surface area contributed by atoms with E-state index in [1.54, 1.807) is 23.5 Å². The first kappa shape index (κ1) is 14.7. The van der Waals surface area contributed by atoms with Crippen LogP contribution in [0.4, 0.5) is 0 Å². The fourth-order valence-electron chi connectivity index (χ4n) is 1.50. The molecular weight excluding hydrogens is 260 g/mol. The molecule has 17 heavy (non-hydrogen) atoms. The summed E-state index contributed by atoms with van der Waals surface area (Å²) >= 11 is 3.29. The van der Waals surface area contributed by atoms with Crippen LogP contribution in [0.15, 0.2) is 0 Å². The molecule has 1 aliphatic rings. The lowest BCUT2D eigenvalue weighted by Gasteiger charge is -2.24. The van der Waals surface area contributed by atoms with E-state index in [1.165, 1.54) is 0 Å². The van der Waals surface area contributed by atoms with Crippen molar-refractivity contribution in [2.24, 2.45) is 0 Å². The summed E-state index contributed by atoms with van der Waals surface area (Å²) in [6.45, 7) is 0.797. The smallest absolute Gasteiger partial charge is 0.326 e. The second kappa shape index (κ2) is 7.84. The maximum atomic E-state index is 11.8. The molecule has 1 saturated heterocycles. The average Bonchev–Trinajstić information content (AvgIpc) is 2.35. The highest BCUT2D eigenvalue weighted by molar-refractivity contribution is 7.99. The number of hydrogen-bond donors (Lipinski definition) is 3. The summed E-state index contributed by atoms with van der Waals surface area (Å²) in [5, 5.41) is 14.7. The van der Waals surface area contributed by atoms with Gasteiger partial charge in [0.15, 0.2) is 0 Å². The van der Waals surface area contributed by atoms with Crippen LogP contribution in [0.2, 0.25) is 0 Å². The Morgan fingerprint density at radius 3 is 2.94 bits per heavy atom. The van der Waals surface area contributed by atoms with Gasteiger partial charge in [-0.25, -0.2) is 4.79 Å². The second-order valence-corrected chi connectivity index (χ2v) is 5.90. The number of carbonyl (C=O) groups excluding carboxylic acids is 1. The Hall–Kier alpha value is -0.400. The maximum Gasteiger partial charge on any atom is 0.326 e. The molecular formula is C10H18N2O3S2. The predicted molar refractivity (Wildman–Crippen MR) is 71.7 cm³/mol. The number of aliphatic carboxylic acids is 1. The van der Waals surface area contributed by atoms with Gasteiger partial charge in [0.25, 0.3) is 0 Å².